The number of sulfonamides is 1. The van der Waals surface area contributed by atoms with Crippen LogP contribution in [0.5, 0.6) is 0 Å². The highest BCUT2D eigenvalue weighted by Gasteiger charge is 2.66. The lowest BCUT2D eigenvalue weighted by Gasteiger charge is -2.34. The van der Waals surface area contributed by atoms with Crippen LogP contribution >= 0.6 is 0 Å². The zero-order valence-electron chi connectivity index (χ0n) is 22.6. The van der Waals surface area contributed by atoms with Crippen LogP contribution in [0.4, 0.5) is 5.69 Å². The van der Waals surface area contributed by atoms with Crippen LogP contribution in [-0.4, -0.2) is 80.2 Å². The molecule has 11 heteroatoms. The molecule has 0 saturated carbocycles. The molecule has 1 unspecified atom stereocenters. The van der Waals surface area contributed by atoms with Crippen molar-refractivity contribution in [3.8, 4) is 0 Å². The highest BCUT2D eigenvalue weighted by atomic mass is 32.2. The monoisotopic (exact) mass is 567 g/mol. The summed E-state index contributed by atoms with van der Waals surface area (Å²) < 4.78 is 33.4. The first-order valence-electron chi connectivity index (χ1n) is 13.5. The van der Waals surface area contributed by atoms with Crippen LogP contribution in [0.15, 0.2) is 59.0 Å². The van der Waals surface area contributed by atoms with Gasteiger partial charge in [0.1, 0.15) is 5.76 Å². The number of carbonyl (C=O) groups excluding carboxylic acids is 3. The van der Waals surface area contributed by atoms with Gasteiger partial charge in [0.15, 0.2) is 5.54 Å². The molecule has 0 radical (unpaired) electrons. The van der Waals surface area contributed by atoms with Crippen LogP contribution in [0.3, 0.4) is 0 Å². The molecule has 40 heavy (non-hydrogen) atoms. The van der Waals surface area contributed by atoms with Crippen LogP contribution < -0.4 is 4.90 Å². The van der Waals surface area contributed by atoms with Gasteiger partial charge in [-0.25, -0.2) is 8.42 Å². The maximum absolute atomic E-state index is 14.3. The van der Waals surface area contributed by atoms with Gasteiger partial charge in [0.2, 0.25) is 10.0 Å². The molecule has 0 bridgehead atoms. The van der Waals surface area contributed by atoms with Gasteiger partial charge in [-0.1, -0.05) is 43.7 Å². The first-order valence-corrected chi connectivity index (χ1v) is 15.0. The van der Waals surface area contributed by atoms with Gasteiger partial charge in [0.25, 0.3) is 17.6 Å². The minimum atomic E-state index is -3.85. The fourth-order valence-electron chi connectivity index (χ4n) is 6.00. The molecule has 212 valence electrons. The molecular formula is C29H33N3O7S. The molecule has 1 N–H and O–H groups in total. The number of methoxy groups -OCH3 is 1. The summed E-state index contributed by atoms with van der Waals surface area (Å²) in [6.07, 6.45) is 3.11. The second-order valence-electron chi connectivity index (χ2n) is 10.2. The van der Waals surface area contributed by atoms with Crippen molar-refractivity contribution in [2.24, 2.45) is 0 Å². The van der Waals surface area contributed by atoms with E-state index in [1.165, 1.54) is 45.5 Å². The van der Waals surface area contributed by atoms with Gasteiger partial charge in [-0.3, -0.25) is 14.4 Å². The van der Waals surface area contributed by atoms with Crippen molar-refractivity contribution in [3.05, 3.63) is 65.2 Å². The number of rotatable bonds is 8. The van der Waals surface area contributed by atoms with Crippen LogP contribution in [0.2, 0.25) is 0 Å². The smallest absolute Gasteiger partial charge is 0.296 e. The standard InChI is InChI=1S/C29H33N3O7S/c1-3-14-31-23-13-6-5-12-22(23)29(28(31)36)24(26(34)27(35)32(29)17-18-39-2)25(33)20-10-9-11-21(19-20)40(37,38)30-15-7-4-8-16-30/h5-6,9-13,19,33H,3-4,7-8,14-18H2,1-2H3/b25-24+. The highest BCUT2D eigenvalue weighted by Crippen LogP contribution is 2.53. The summed E-state index contributed by atoms with van der Waals surface area (Å²) in [6, 6.07) is 12.6. The van der Waals surface area contributed by atoms with Crippen LogP contribution in [0.25, 0.3) is 5.76 Å². The lowest BCUT2D eigenvalue weighted by Crippen LogP contribution is -2.52. The Morgan fingerprint density at radius 1 is 1.00 bits per heavy atom. The maximum Gasteiger partial charge on any atom is 0.296 e. The third-order valence-electron chi connectivity index (χ3n) is 7.84. The summed E-state index contributed by atoms with van der Waals surface area (Å²) >= 11 is 0. The summed E-state index contributed by atoms with van der Waals surface area (Å²) in [5.74, 6) is -3.07. The Kier molecular flexibility index (Phi) is 7.56. The maximum atomic E-state index is 14.3. The molecule has 0 aliphatic carbocycles. The van der Waals surface area contributed by atoms with Gasteiger partial charge >= 0.3 is 0 Å². The Morgan fingerprint density at radius 2 is 1.73 bits per heavy atom. The third-order valence-corrected chi connectivity index (χ3v) is 9.73. The largest absolute Gasteiger partial charge is 0.507 e. The Morgan fingerprint density at radius 3 is 2.42 bits per heavy atom. The number of hydrogen-bond donors (Lipinski definition) is 1. The van der Waals surface area contributed by atoms with Gasteiger partial charge < -0.3 is 19.6 Å². The van der Waals surface area contributed by atoms with Crippen molar-refractivity contribution in [1.82, 2.24) is 9.21 Å². The van der Waals surface area contributed by atoms with Crippen molar-refractivity contribution in [2.45, 2.75) is 43.0 Å². The molecule has 2 amide bonds. The summed E-state index contributed by atoms with van der Waals surface area (Å²) in [5, 5.41) is 11.7. The molecule has 3 aliphatic rings. The number of aliphatic hydroxyl groups is 1. The lowest BCUT2D eigenvalue weighted by atomic mass is 9.82. The zero-order valence-corrected chi connectivity index (χ0v) is 23.4. The van der Waals surface area contributed by atoms with E-state index in [9.17, 15) is 27.9 Å². The molecule has 2 aromatic carbocycles. The van der Waals surface area contributed by atoms with Gasteiger partial charge in [0, 0.05) is 44.4 Å². The zero-order chi connectivity index (χ0) is 28.7. The van der Waals surface area contributed by atoms with Crippen LogP contribution in [-0.2, 0) is 34.7 Å². The molecule has 1 atom stereocenters. The predicted molar refractivity (Wildman–Crippen MR) is 148 cm³/mol. The topological polar surface area (TPSA) is 125 Å². The summed E-state index contributed by atoms with van der Waals surface area (Å²) in [6.45, 7) is 3.06. The number of para-hydroxylation sites is 1. The second-order valence-corrected chi connectivity index (χ2v) is 12.1. The number of Topliss-reactive ketones (excluding diaryl/α,β-unsaturated/α-hetero) is 1. The number of ketones is 1. The van der Waals surface area contributed by atoms with Gasteiger partial charge in [0.05, 0.1) is 22.8 Å². The number of hydrogen-bond acceptors (Lipinski definition) is 7. The Bertz CT molecular complexity index is 1500. The number of piperidine rings is 1. The number of likely N-dealkylation sites (tertiary alicyclic amines) is 1. The van der Waals surface area contributed by atoms with E-state index in [4.69, 9.17) is 4.74 Å². The number of aliphatic hydroxyl groups excluding tert-OH is 1. The first kappa shape index (κ1) is 28.0. The normalized spacial score (nSPS) is 22.9. The van der Waals surface area contributed by atoms with Crippen molar-refractivity contribution in [2.75, 3.05) is 44.8 Å². The van der Waals surface area contributed by atoms with Crippen molar-refractivity contribution >= 4 is 39.1 Å². The van der Waals surface area contributed by atoms with E-state index in [2.05, 4.69) is 0 Å². The average Bonchev–Trinajstić information content (AvgIpc) is 3.35. The van der Waals surface area contributed by atoms with E-state index in [0.29, 0.717) is 37.3 Å². The fourth-order valence-corrected chi connectivity index (χ4v) is 7.56. The van der Waals surface area contributed by atoms with E-state index in [0.717, 1.165) is 19.3 Å². The number of fused-ring (bicyclic) bond motifs is 2. The molecule has 3 heterocycles. The predicted octanol–water partition coefficient (Wildman–Crippen LogP) is 2.84. The summed E-state index contributed by atoms with van der Waals surface area (Å²) in [4.78, 5) is 44.1. The minimum Gasteiger partial charge on any atom is -0.507 e. The SMILES string of the molecule is CCCN1C(=O)C2(/C(=C(/O)c3cccc(S(=O)(=O)N4CCCCC4)c3)C(=O)C(=O)N2CCOC)c2ccccc21. The van der Waals surface area contributed by atoms with E-state index in [1.54, 1.807) is 24.3 Å². The summed E-state index contributed by atoms with van der Waals surface area (Å²) in [5.41, 5.74) is -1.31. The first-order chi connectivity index (χ1) is 19.2. The fraction of sp³-hybridized carbons (Fsp3) is 0.414. The highest BCUT2D eigenvalue weighted by molar-refractivity contribution is 7.89. The number of nitrogens with zero attached hydrogens (tertiary/aromatic N) is 3. The quantitative estimate of drug-likeness (QED) is 0.296. The lowest BCUT2D eigenvalue weighted by molar-refractivity contribution is -0.144. The number of amides is 2. The Balaban J connectivity index is 1.72. The van der Waals surface area contributed by atoms with Crippen molar-refractivity contribution < 1.29 is 32.6 Å². The molecule has 5 rings (SSSR count). The number of carbonyl (C=O) groups is 3. The molecule has 0 aromatic heterocycles. The Labute approximate surface area is 233 Å². The molecule has 2 fully saturated rings. The van der Waals surface area contributed by atoms with Gasteiger partial charge in [-0.05, 0) is 37.5 Å². The molecule has 2 aromatic rings. The van der Waals surface area contributed by atoms with Gasteiger partial charge in [-0.2, -0.15) is 4.31 Å². The molecule has 2 saturated heterocycles. The number of ether oxygens (including phenoxy) is 1. The number of anilines is 1. The van der Waals surface area contributed by atoms with Crippen molar-refractivity contribution in [3.63, 3.8) is 0 Å². The molecule has 1 spiro atoms. The molecule has 3 aliphatic heterocycles. The van der Waals surface area contributed by atoms with E-state index in [1.807, 2.05) is 6.92 Å². The van der Waals surface area contributed by atoms with E-state index in [-0.39, 0.29) is 29.2 Å². The van der Waals surface area contributed by atoms with E-state index >= 15 is 0 Å². The minimum absolute atomic E-state index is 0.0291. The molecule has 10 nitrogen and oxygen atoms in total. The van der Waals surface area contributed by atoms with Gasteiger partial charge in [-0.15, -0.1) is 0 Å². The van der Waals surface area contributed by atoms with Crippen LogP contribution in [0, 0.1) is 0 Å². The summed E-state index contributed by atoms with van der Waals surface area (Å²) in [7, 11) is -2.40. The van der Waals surface area contributed by atoms with Crippen molar-refractivity contribution in [1.29, 1.82) is 0 Å². The average molecular weight is 568 g/mol. The van der Waals surface area contributed by atoms with E-state index < -0.39 is 38.9 Å². The third kappa shape index (κ3) is 4.15. The Hall–Kier alpha value is -3.54. The van der Waals surface area contributed by atoms with Crippen LogP contribution in [0.1, 0.15) is 43.7 Å². The number of benzene rings is 2. The molecular weight excluding hydrogens is 534 g/mol. The second kappa shape index (κ2) is 10.8.